The third-order valence-corrected chi connectivity index (χ3v) is 2.98. The van der Waals surface area contributed by atoms with Crippen molar-refractivity contribution in [2.45, 2.75) is 24.4 Å². The normalized spacial score (nSPS) is 17.8. The highest BCUT2D eigenvalue weighted by Gasteiger charge is 2.55. The van der Waals surface area contributed by atoms with Gasteiger partial charge in [-0.1, -0.05) is 6.07 Å². The summed E-state index contributed by atoms with van der Waals surface area (Å²) in [4.78, 5) is 11.0. The van der Waals surface area contributed by atoms with E-state index in [1.54, 1.807) is 0 Å². The van der Waals surface area contributed by atoms with Crippen molar-refractivity contribution in [3.63, 3.8) is 0 Å². The highest BCUT2D eigenvalue weighted by Crippen LogP contribution is 2.52. The molecule has 0 spiro atoms. The minimum atomic E-state index is -4.67. The summed E-state index contributed by atoms with van der Waals surface area (Å²) in [6.07, 6.45) is -4.29. The molecule has 2 N–H and O–H groups in total. The van der Waals surface area contributed by atoms with Gasteiger partial charge < -0.3 is 10.2 Å². The van der Waals surface area contributed by atoms with Gasteiger partial charge in [-0.05, 0) is 30.5 Å². The van der Waals surface area contributed by atoms with E-state index in [9.17, 15) is 18.0 Å². The number of phenols is 1. The minimum absolute atomic E-state index is 0.191. The first-order chi connectivity index (χ1) is 7.77. The van der Waals surface area contributed by atoms with Crippen LogP contribution < -0.4 is 0 Å². The summed E-state index contributed by atoms with van der Waals surface area (Å²) < 4.78 is 38.2. The van der Waals surface area contributed by atoms with Crippen LogP contribution in [0.15, 0.2) is 18.2 Å². The quantitative estimate of drug-likeness (QED) is 0.843. The third kappa shape index (κ3) is 1.83. The SMILES string of the molecule is O=C(O)C1(c2ccc(O)cc2C(F)(F)F)CC1. The lowest BCUT2D eigenvalue weighted by atomic mass is 9.91. The molecule has 0 radical (unpaired) electrons. The summed E-state index contributed by atoms with van der Waals surface area (Å²) in [6.45, 7) is 0. The van der Waals surface area contributed by atoms with E-state index in [-0.39, 0.29) is 18.4 Å². The molecule has 1 aliphatic rings. The first-order valence-electron chi connectivity index (χ1n) is 4.91. The fraction of sp³-hybridized carbons (Fsp3) is 0.364. The monoisotopic (exact) mass is 246 g/mol. The van der Waals surface area contributed by atoms with Crippen LogP contribution in [-0.4, -0.2) is 16.2 Å². The van der Waals surface area contributed by atoms with E-state index in [1.165, 1.54) is 0 Å². The number of phenolic OH excluding ortho intramolecular Hbond substituents is 1. The van der Waals surface area contributed by atoms with Crippen molar-refractivity contribution in [1.29, 1.82) is 0 Å². The van der Waals surface area contributed by atoms with Crippen LogP contribution in [0.2, 0.25) is 0 Å². The number of carboxylic acids is 1. The molecule has 0 saturated heterocycles. The summed E-state index contributed by atoms with van der Waals surface area (Å²) in [6, 6.07) is 2.69. The molecular formula is C11H9F3O3. The molecule has 1 aromatic carbocycles. The Balaban J connectivity index is 2.59. The van der Waals surface area contributed by atoms with E-state index >= 15 is 0 Å². The Kier molecular flexibility index (Phi) is 2.34. The molecule has 17 heavy (non-hydrogen) atoms. The van der Waals surface area contributed by atoms with Crippen molar-refractivity contribution in [2.24, 2.45) is 0 Å². The number of halogens is 3. The number of aromatic hydroxyl groups is 1. The van der Waals surface area contributed by atoms with E-state index < -0.39 is 28.9 Å². The van der Waals surface area contributed by atoms with Crippen molar-refractivity contribution in [2.75, 3.05) is 0 Å². The average Bonchev–Trinajstić information content (AvgIpc) is 2.97. The number of alkyl halides is 3. The Morgan fingerprint density at radius 2 is 1.88 bits per heavy atom. The van der Waals surface area contributed by atoms with Gasteiger partial charge in [0.05, 0.1) is 11.0 Å². The van der Waals surface area contributed by atoms with Gasteiger partial charge in [-0.15, -0.1) is 0 Å². The van der Waals surface area contributed by atoms with Crippen molar-refractivity contribution < 1.29 is 28.2 Å². The van der Waals surface area contributed by atoms with Crippen molar-refractivity contribution in [1.82, 2.24) is 0 Å². The number of carbonyl (C=O) groups is 1. The molecule has 0 aliphatic heterocycles. The maximum absolute atomic E-state index is 12.7. The Morgan fingerprint density at radius 3 is 2.29 bits per heavy atom. The zero-order chi connectivity index (χ0) is 12.8. The first-order valence-corrected chi connectivity index (χ1v) is 4.91. The van der Waals surface area contributed by atoms with E-state index in [1.807, 2.05) is 0 Å². The first kappa shape index (κ1) is 11.8. The van der Waals surface area contributed by atoms with Gasteiger partial charge >= 0.3 is 12.1 Å². The maximum atomic E-state index is 12.7. The fourth-order valence-corrected chi connectivity index (χ4v) is 1.91. The van der Waals surface area contributed by atoms with Crippen LogP contribution in [0.1, 0.15) is 24.0 Å². The van der Waals surface area contributed by atoms with Gasteiger partial charge in [0.25, 0.3) is 0 Å². The van der Waals surface area contributed by atoms with E-state index in [4.69, 9.17) is 10.2 Å². The van der Waals surface area contributed by atoms with E-state index in [0.29, 0.717) is 6.07 Å². The Hall–Kier alpha value is -1.72. The number of aliphatic carboxylic acids is 1. The highest BCUT2D eigenvalue weighted by molar-refractivity contribution is 5.85. The Bertz CT molecular complexity index is 475. The summed E-state index contributed by atoms with van der Waals surface area (Å²) in [7, 11) is 0. The molecule has 0 amide bonds. The molecule has 0 aromatic heterocycles. The molecule has 0 bridgehead atoms. The highest BCUT2D eigenvalue weighted by atomic mass is 19.4. The van der Waals surface area contributed by atoms with Gasteiger partial charge in [0.2, 0.25) is 0 Å². The summed E-state index contributed by atoms with van der Waals surface area (Å²) in [5, 5.41) is 18.1. The van der Waals surface area contributed by atoms with Gasteiger partial charge in [0.1, 0.15) is 5.75 Å². The van der Waals surface area contributed by atoms with Gasteiger partial charge in [-0.3, -0.25) is 4.79 Å². The van der Waals surface area contributed by atoms with Crippen LogP contribution in [-0.2, 0) is 16.4 Å². The molecule has 3 nitrogen and oxygen atoms in total. The van der Waals surface area contributed by atoms with Crippen LogP contribution >= 0.6 is 0 Å². The average molecular weight is 246 g/mol. The Morgan fingerprint density at radius 1 is 1.29 bits per heavy atom. The molecular weight excluding hydrogens is 237 g/mol. The second-order valence-corrected chi connectivity index (χ2v) is 4.11. The van der Waals surface area contributed by atoms with Crippen molar-refractivity contribution >= 4 is 5.97 Å². The summed E-state index contributed by atoms with van der Waals surface area (Å²) in [5.74, 6) is -1.78. The summed E-state index contributed by atoms with van der Waals surface area (Å²) in [5.41, 5.74) is -2.77. The standard InChI is InChI=1S/C11H9F3O3/c12-11(13,14)8-5-6(15)1-2-7(8)10(3-4-10)9(16)17/h1-2,5,15H,3-4H2,(H,16,17). The van der Waals surface area contributed by atoms with Crippen molar-refractivity contribution in [3.8, 4) is 5.75 Å². The maximum Gasteiger partial charge on any atom is 0.416 e. The van der Waals surface area contributed by atoms with Crippen molar-refractivity contribution in [3.05, 3.63) is 29.3 Å². The molecule has 1 aromatic rings. The van der Waals surface area contributed by atoms with Crippen LogP contribution in [0.25, 0.3) is 0 Å². The predicted octanol–water partition coefficient (Wildman–Crippen LogP) is 2.53. The Labute approximate surface area is 94.5 Å². The fourth-order valence-electron chi connectivity index (χ4n) is 1.91. The zero-order valence-corrected chi connectivity index (χ0v) is 8.58. The van der Waals surface area contributed by atoms with Gasteiger partial charge in [0.15, 0.2) is 0 Å². The summed E-state index contributed by atoms with van der Waals surface area (Å²) >= 11 is 0. The second-order valence-electron chi connectivity index (χ2n) is 4.11. The lowest BCUT2D eigenvalue weighted by Gasteiger charge is -2.17. The smallest absolute Gasteiger partial charge is 0.416 e. The molecule has 0 atom stereocenters. The van der Waals surface area contributed by atoms with E-state index in [0.717, 1.165) is 12.1 Å². The molecule has 0 unspecified atom stereocenters. The molecule has 2 rings (SSSR count). The lowest BCUT2D eigenvalue weighted by Crippen LogP contribution is -2.24. The van der Waals surface area contributed by atoms with Crippen LogP contribution in [0.4, 0.5) is 13.2 Å². The molecule has 0 heterocycles. The van der Waals surface area contributed by atoms with E-state index in [2.05, 4.69) is 0 Å². The van der Waals surface area contributed by atoms with Crippen LogP contribution in [0.5, 0.6) is 5.75 Å². The number of rotatable bonds is 2. The predicted molar refractivity (Wildman–Crippen MR) is 51.7 cm³/mol. The third-order valence-electron chi connectivity index (χ3n) is 2.98. The van der Waals surface area contributed by atoms with Gasteiger partial charge in [-0.25, -0.2) is 0 Å². The van der Waals surface area contributed by atoms with Gasteiger partial charge in [-0.2, -0.15) is 13.2 Å². The minimum Gasteiger partial charge on any atom is -0.508 e. The van der Waals surface area contributed by atoms with Gasteiger partial charge in [0, 0.05) is 0 Å². The topological polar surface area (TPSA) is 57.5 Å². The lowest BCUT2D eigenvalue weighted by molar-refractivity contribution is -0.142. The molecule has 92 valence electrons. The number of benzene rings is 1. The van der Waals surface area contributed by atoms with Crippen LogP contribution in [0.3, 0.4) is 0 Å². The van der Waals surface area contributed by atoms with Crippen LogP contribution in [0, 0.1) is 0 Å². The number of hydrogen-bond acceptors (Lipinski definition) is 2. The molecule has 1 fully saturated rings. The molecule has 1 aliphatic carbocycles. The molecule has 1 saturated carbocycles. The molecule has 6 heteroatoms. The number of carboxylic acid groups (broad SMARTS) is 1. The second kappa shape index (κ2) is 3.38. The zero-order valence-electron chi connectivity index (χ0n) is 8.58. The largest absolute Gasteiger partial charge is 0.508 e. The number of hydrogen-bond donors (Lipinski definition) is 2.